The number of ether oxygens (including phenoxy) is 1. The Hall–Kier alpha value is -2.09. The van der Waals surface area contributed by atoms with Crippen molar-refractivity contribution >= 4 is 50.6 Å². The summed E-state index contributed by atoms with van der Waals surface area (Å²) in [6.07, 6.45) is 0. The summed E-state index contributed by atoms with van der Waals surface area (Å²) in [5, 5.41) is -0.0916. The minimum Gasteiger partial charge on any atom is -0.427 e. The van der Waals surface area contributed by atoms with E-state index in [0.29, 0.717) is 0 Å². The summed E-state index contributed by atoms with van der Waals surface area (Å²) in [5.74, 6) is -1.62. The van der Waals surface area contributed by atoms with E-state index in [2.05, 4.69) is 0 Å². The zero-order chi connectivity index (χ0) is 18.4. The molecule has 1 amide bonds. The summed E-state index contributed by atoms with van der Waals surface area (Å²) in [5.41, 5.74) is 0.204. The van der Waals surface area contributed by atoms with Gasteiger partial charge in [-0.1, -0.05) is 35.3 Å². The SMILES string of the molecule is CC(=O)Oc1cc(Cl)c(C(=O)N2CS(=O)(=O)c3ccccc32)c(Cl)c1. The van der Waals surface area contributed by atoms with Crippen LogP contribution in [0, 0.1) is 0 Å². The first-order chi connectivity index (χ1) is 11.7. The second kappa shape index (κ2) is 6.33. The van der Waals surface area contributed by atoms with Gasteiger partial charge in [-0.25, -0.2) is 8.42 Å². The predicted molar refractivity (Wildman–Crippen MR) is 93.1 cm³/mol. The molecule has 0 radical (unpaired) electrons. The quantitative estimate of drug-likeness (QED) is 0.571. The summed E-state index contributed by atoms with van der Waals surface area (Å²) in [6.45, 7) is 1.22. The molecular weight excluding hydrogens is 389 g/mol. The lowest BCUT2D eigenvalue weighted by Gasteiger charge is -2.18. The minimum atomic E-state index is -3.61. The van der Waals surface area contributed by atoms with Gasteiger partial charge in [-0.2, -0.15) is 0 Å². The maximum Gasteiger partial charge on any atom is 0.308 e. The zero-order valence-electron chi connectivity index (χ0n) is 12.8. The third kappa shape index (κ3) is 3.22. The number of esters is 1. The van der Waals surface area contributed by atoms with Crippen LogP contribution in [0.15, 0.2) is 41.3 Å². The highest BCUT2D eigenvalue weighted by Crippen LogP contribution is 2.38. The molecule has 2 aromatic carbocycles. The smallest absolute Gasteiger partial charge is 0.308 e. The second-order valence-corrected chi connectivity index (χ2v) is 8.04. The fourth-order valence-corrected chi connectivity index (χ4v) is 4.68. The van der Waals surface area contributed by atoms with Crippen LogP contribution >= 0.6 is 23.2 Å². The summed E-state index contributed by atoms with van der Waals surface area (Å²) >= 11 is 12.2. The highest BCUT2D eigenvalue weighted by atomic mass is 35.5. The number of benzene rings is 2. The van der Waals surface area contributed by atoms with E-state index in [1.165, 1.54) is 31.2 Å². The number of fused-ring (bicyclic) bond motifs is 1. The van der Waals surface area contributed by atoms with Crippen LogP contribution in [0.4, 0.5) is 5.69 Å². The fraction of sp³-hybridized carbons (Fsp3) is 0.125. The number of amides is 1. The van der Waals surface area contributed by atoms with E-state index in [9.17, 15) is 18.0 Å². The Bertz CT molecular complexity index is 980. The van der Waals surface area contributed by atoms with Gasteiger partial charge in [0.2, 0.25) is 0 Å². The van der Waals surface area contributed by atoms with E-state index in [1.807, 2.05) is 0 Å². The van der Waals surface area contributed by atoms with Crippen molar-refractivity contribution in [1.82, 2.24) is 0 Å². The lowest BCUT2D eigenvalue weighted by Crippen LogP contribution is -2.31. The molecule has 0 unspecified atom stereocenters. The molecule has 25 heavy (non-hydrogen) atoms. The molecule has 0 fully saturated rings. The Kier molecular flexibility index (Phi) is 4.49. The molecule has 1 heterocycles. The number of carbonyl (C=O) groups excluding carboxylic acids is 2. The number of carbonyl (C=O) groups is 2. The van der Waals surface area contributed by atoms with Crippen LogP contribution in [0.5, 0.6) is 5.75 Å². The van der Waals surface area contributed by atoms with Gasteiger partial charge in [0.1, 0.15) is 11.6 Å². The largest absolute Gasteiger partial charge is 0.427 e. The Labute approximate surface area is 153 Å². The number of nitrogens with zero attached hydrogens (tertiary/aromatic N) is 1. The van der Waals surface area contributed by atoms with Crippen molar-refractivity contribution in [2.24, 2.45) is 0 Å². The lowest BCUT2D eigenvalue weighted by molar-refractivity contribution is -0.131. The molecule has 3 rings (SSSR count). The van der Waals surface area contributed by atoms with Crippen molar-refractivity contribution in [3.8, 4) is 5.75 Å². The molecular formula is C16H11Cl2NO5S. The van der Waals surface area contributed by atoms with E-state index < -0.39 is 27.6 Å². The molecule has 0 bridgehead atoms. The summed E-state index contributed by atoms with van der Waals surface area (Å²) in [6, 6.07) is 8.74. The van der Waals surface area contributed by atoms with E-state index >= 15 is 0 Å². The van der Waals surface area contributed by atoms with Crippen molar-refractivity contribution in [3.63, 3.8) is 0 Å². The Balaban J connectivity index is 2.04. The average Bonchev–Trinajstić information content (AvgIpc) is 2.78. The molecule has 0 saturated heterocycles. The molecule has 0 saturated carbocycles. The van der Waals surface area contributed by atoms with Crippen LogP contribution in [0.2, 0.25) is 10.0 Å². The molecule has 9 heteroatoms. The standard InChI is InChI=1S/C16H11Cl2NO5S/c1-9(20)24-10-6-11(17)15(12(18)7-10)16(21)19-8-25(22,23)14-5-3-2-4-13(14)19/h2-7H,8H2,1H3. The van der Waals surface area contributed by atoms with Crippen molar-refractivity contribution in [2.75, 3.05) is 10.8 Å². The average molecular weight is 400 g/mol. The van der Waals surface area contributed by atoms with Crippen molar-refractivity contribution < 1.29 is 22.7 Å². The Morgan fingerprint density at radius 1 is 1.12 bits per heavy atom. The number of rotatable bonds is 2. The first-order valence-electron chi connectivity index (χ1n) is 7.02. The van der Waals surface area contributed by atoms with Crippen molar-refractivity contribution in [3.05, 3.63) is 52.0 Å². The second-order valence-electron chi connectivity index (χ2n) is 5.30. The van der Waals surface area contributed by atoms with Gasteiger partial charge in [0.05, 0.1) is 26.2 Å². The maximum absolute atomic E-state index is 12.9. The van der Waals surface area contributed by atoms with Gasteiger partial charge in [0, 0.05) is 19.1 Å². The molecule has 0 spiro atoms. The Morgan fingerprint density at radius 3 is 2.32 bits per heavy atom. The highest BCUT2D eigenvalue weighted by Gasteiger charge is 2.37. The number of hydrogen-bond donors (Lipinski definition) is 0. The van der Waals surface area contributed by atoms with Gasteiger partial charge in [0.15, 0.2) is 9.84 Å². The predicted octanol–water partition coefficient (Wildman–Crippen LogP) is 3.31. The molecule has 6 nitrogen and oxygen atoms in total. The van der Waals surface area contributed by atoms with Gasteiger partial charge >= 0.3 is 5.97 Å². The van der Waals surface area contributed by atoms with Crippen LogP contribution in [-0.4, -0.2) is 26.2 Å². The van der Waals surface area contributed by atoms with Gasteiger partial charge in [-0.3, -0.25) is 14.5 Å². The fourth-order valence-electron chi connectivity index (χ4n) is 2.53. The van der Waals surface area contributed by atoms with E-state index in [4.69, 9.17) is 27.9 Å². The summed E-state index contributed by atoms with van der Waals surface area (Å²) in [4.78, 5) is 25.1. The third-order valence-corrected chi connectivity index (χ3v) is 5.74. The normalized spacial score (nSPS) is 14.9. The van der Waals surface area contributed by atoms with E-state index in [-0.39, 0.29) is 31.9 Å². The van der Waals surface area contributed by atoms with Gasteiger partial charge < -0.3 is 4.74 Å². The number of anilines is 1. The molecule has 130 valence electrons. The number of hydrogen-bond acceptors (Lipinski definition) is 5. The summed E-state index contributed by atoms with van der Waals surface area (Å²) < 4.78 is 29.4. The Morgan fingerprint density at radius 2 is 1.72 bits per heavy atom. The van der Waals surface area contributed by atoms with Crippen LogP contribution in [0.1, 0.15) is 17.3 Å². The van der Waals surface area contributed by atoms with Crippen LogP contribution in [0.25, 0.3) is 0 Å². The van der Waals surface area contributed by atoms with Crippen LogP contribution < -0.4 is 9.64 Å². The topological polar surface area (TPSA) is 80.8 Å². The van der Waals surface area contributed by atoms with Crippen molar-refractivity contribution in [1.29, 1.82) is 0 Å². The van der Waals surface area contributed by atoms with Crippen LogP contribution in [-0.2, 0) is 14.6 Å². The highest BCUT2D eigenvalue weighted by molar-refractivity contribution is 7.92. The molecule has 0 N–H and O–H groups in total. The van der Waals surface area contributed by atoms with Crippen molar-refractivity contribution in [2.45, 2.75) is 11.8 Å². The molecule has 0 aliphatic carbocycles. The first kappa shape index (κ1) is 17.7. The minimum absolute atomic E-state index is 0.0458. The number of halogens is 2. The zero-order valence-corrected chi connectivity index (χ0v) is 15.2. The lowest BCUT2D eigenvalue weighted by atomic mass is 10.1. The van der Waals surface area contributed by atoms with E-state index in [0.717, 1.165) is 4.90 Å². The first-order valence-corrected chi connectivity index (χ1v) is 9.42. The molecule has 0 atom stereocenters. The molecule has 1 aliphatic rings. The molecule has 0 aromatic heterocycles. The van der Waals surface area contributed by atoms with E-state index in [1.54, 1.807) is 12.1 Å². The third-order valence-electron chi connectivity index (χ3n) is 3.53. The maximum atomic E-state index is 12.9. The van der Waals surface area contributed by atoms with Gasteiger partial charge in [0.25, 0.3) is 5.91 Å². The number of sulfone groups is 1. The van der Waals surface area contributed by atoms with Gasteiger partial charge in [-0.05, 0) is 12.1 Å². The summed E-state index contributed by atoms with van der Waals surface area (Å²) in [7, 11) is -3.61. The van der Waals surface area contributed by atoms with Gasteiger partial charge in [-0.15, -0.1) is 0 Å². The number of para-hydroxylation sites is 1. The van der Waals surface area contributed by atoms with Crippen LogP contribution in [0.3, 0.4) is 0 Å². The molecule has 1 aliphatic heterocycles. The molecule has 2 aromatic rings. The monoisotopic (exact) mass is 399 g/mol.